The molecule has 0 fully saturated rings. The van der Waals surface area contributed by atoms with Crippen LogP contribution in [0, 0.1) is 17.0 Å². The highest BCUT2D eigenvalue weighted by Crippen LogP contribution is 2.24. The van der Waals surface area contributed by atoms with Gasteiger partial charge in [-0.15, -0.1) is 0 Å². The number of nitro benzene ring substituents is 1. The van der Waals surface area contributed by atoms with Crippen LogP contribution >= 0.6 is 0 Å². The number of nitro groups is 1. The summed E-state index contributed by atoms with van der Waals surface area (Å²) in [7, 11) is 0. The van der Waals surface area contributed by atoms with Gasteiger partial charge in [0.15, 0.2) is 0 Å². The van der Waals surface area contributed by atoms with Crippen LogP contribution in [0.15, 0.2) is 18.2 Å². The van der Waals surface area contributed by atoms with E-state index in [9.17, 15) is 10.1 Å². The van der Waals surface area contributed by atoms with E-state index in [0.29, 0.717) is 11.3 Å². The summed E-state index contributed by atoms with van der Waals surface area (Å²) >= 11 is 0. The molecule has 1 rings (SSSR count). The van der Waals surface area contributed by atoms with E-state index >= 15 is 0 Å². The lowest BCUT2D eigenvalue weighted by molar-refractivity contribution is -0.385. The van der Waals surface area contributed by atoms with Crippen molar-refractivity contribution in [3.63, 3.8) is 0 Å². The second-order valence-corrected chi connectivity index (χ2v) is 3.37. The van der Waals surface area contributed by atoms with Crippen molar-refractivity contribution in [3.05, 3.63) is 33.9 Å². The lowest BCUT2D eigenvalue weighted by atomic mass is 10.2. The molecule has 0 spiro atoms. The summed E-state index contributed by atoms with van der Waals surface area (Å²) in [6.45, 7) is 5.47. The Hall–Kier alpha value is -1.58. The number of aryl methyl sites for hydroxylation is 1. The van der Waals surface area contributed by atoms with Gasteiger partial charge in [-0.05, 0) is 32.9 Å². The summed E-state index contributed by atoms with van der Waals surface area (Å²) in [6.07, 6.45) is 0.0253. The standard InChI is InChI=1S/C10H13NO3/c1-7(2)14-9-5-4-8(3)10(6-9)11(12)13/h4-7H,1-3H3. The minimum absolute atomic E-state index is 0.0253. The van der Waals surface area contributed by atoms with E-state index < -0.39 is 4.92 Å². The average Bonchev–Trinajstić information content (AvgIpc) is 2.07. The van der Waals surface area contributed by atoms with Crippen molar-refractivity contribution in [1.82, 2.24) is 0 Å². The largest absolute Gasteiger partial charge is 0.491 e. The number of benzene rings is 1. The third-order valence-corrected chi connectivity index (χ3v) is 1.75. The van der Waals surface area contributed by atoms with Crippen LogP contribution < -0.4 is 4.74 Å². The summed E-state index contributed by atoms with van der Waals surface area (Å²) in [5.41, 5.74) is 0.745. The molecule has 0 saturated heterocycles. The van der Waals surface area contributed by atoms with Gasteiger partial charge in [0.1, 0.15) is 5.75 Å². The second kappa shape index (κ2) is 4.09. The van der Waals surface area contributed by atoms with Crippen LogP contribution in [0.4, 0.5) is 5.69 Å². The third-order valence-electron chi connectivity index (χ3n) is 1.75. The molecule has 0 bridgehead atoms. The van der Waals surface area contributed by atoms with E-state index in [1.807, 2.05) is 13.8 Å². The first kappa shape index (κ1) is 10.5. The molecule has 0 aliphatic heterocycles. The molecule has 0 atom stereocenters. The Bertz CT molecular complexity index is 347. The van der Waals surface area contributed by atoms with Crippen LogP contribution in [0.2, 0.25) is 0 Å². The minimum atomic E-state index is -0.400. The monoisotopic (exact) mass is 195 g/mol. The molecule has 1 aromatic carbocycles. The maximum Gasteiger partial charge on any atom is 0.276 e. The van der Waals surface area contributed by atoms with E-state index in [2.05, 4.69) is 0 Å². The fraction of sp³-hybridized carbons (Fsp3) is 0.400. The lowest BCUT2D eigenvalue weighted by Gasteiger charge is -2.09. The van der Waals surface area contributed by atoms with E-state index in [1.165, 1.54) is 6.07 Å². The van der Waals surface area contributed by atoms with Crippen molar-refractivity contribution in [2.45, 2.75) is 26.9 Å². The Balaban J connectivity index is 3.00. The van der Waals surface area contributed by atoms with E-state index in [0.717, 1.165) is 0 Å². The van der Waals surface area contributed by atoms with Crippen molar-refractivity contribution in [3.8, 4) is 5.75 Å². The van der Waals surface area contributed by atoms with Crippen LogP contribution in [-0.4, -0.2) is 11.0 Å². The van der Waals surface area contributed by atoms with Crippen molar-refractivity contribution in [2.75, 3.05) is 0 Å². The van der Waals surface area contributed by atoms with Gasteiger partial charge in [-0.25, -0.2) is 0 Å². The van der Waals surface area contributed by atoms with Crippen LogP contribution in [-0.2, 0) is 0 Å². The summed E-state index contributed by atoms with van der Waals surface area (Å²) in [4.78, 5) is 10.2. The van der Waals surface area contributed by atoms with Gasteiger partial charge >= 0.3 is 0 Å². The molecule has 4 heteroatoms. The van der Waals surface area contributed by atoms with Crippen molar-refractivity contribution in [1.29, 1.82) is 0 Å². The zero-order valence-electron chi connectivity index (χ0n) is 8.48. The quantitative estimate of drug-likeness (QED) is 0.550. The zero-order valence-corrected chi connectivity index (χ0v) is 8.48. The van der Waals surface area contributed by atoms with E-state index in [4.69, 9.17) is 4.74 Å². The van der Waals surface area contributed by atoms with Gasteiger partial charge in [0.25, 0.3) is 5.69 Å². The molecule has 76 valence electrons. The molecule has 1 aromatic rings. The maximum atomic E-state index is 10.6. The SMILES string of the molecule is Cc1ccc(OC(C)C)cc1[N+](=O)[O-]. The average molecular weight is 195 g/mol. The lowest BCUT2D eigenvalue weighted by Crippen LogP contribution is -2.05. The molecule has 0 aliphatic carbocycles. The van der Waals surface area contributed by atoms with Gasteiger partial charge in [0.2, 0.25) is 0 Å². The van der Waals surface area contributed by atoms with Gasteiger partial charge in [0.05, 0.1) is 17.1 Å². The Labute approximate surface area is 82.7 Å². The molecule has 0 radical (unpaired) electrons. The molecule has 0 aromatic heterocycles. The third kappa shape index (κ3) is 2.45. The van der Waals surface area contributed by atoms with Crippen LogP contribution in [0.25, 0.3) is 0 Å². The van der Waals surface area contributed by atoms with Gasteiger partial charge < -0.3 is 4.74 Å². The van der Waals surface area contributed by atoms with Crippen LogP contribution in [0.1, 0.15) is 19.4 Å². The molecule has 0 saturated carbocycles. The first-order chi connectivity index (χ1) is 6.50. The first-order valence-electron chi connectivity index (χ1n) is 4.42. The smallest absolute Gasteiger partial charge is 0.276 e. The maximum absolute atomic E-state index is 10.6. The fourth-order valence-corrected chi connectivity index (χ4v) is 1.13. The number of rotatable bonds is 3. The Kier molecular flexibility index (Phi) is 3.06. The molecule has 0 N–H and O–H groups in total. The molecular formula is C10H13NO3. The summed E-state index contributed by atoms with van der Waals surface area (Å²) < 4.78 is 5.36. The second-order valence-electron chi connectivity index (χ2n) is 3.37. The summed E-state index contributed by atoms with van der Waals surface area (Å²) in [6, 6.07) is 4.88. The van der Waals surface area contributed by atoms with E-state index in [1.54, 1.807) is 19.1 Å². The number of ether oxygens (including phenoxy) is 1. The highest BCUT2D eigenvalue weighted by Gasteiger charge is 2.11. The predicted octanol–water partition coefficient (Wildman–Crippen LogP) is 2.69. The molecule has 0 aliphatic rings. The minimum Gasteiger partial charge on any atom is -0.491 e. The van der Waals surface area contributed by atoms with Gasteiger partial charge in [-0.3, -0.25) is 10.1 Å². The number of nitrogens with zero attached hydrogens (tertiary/aromatic N) is 1. The predicted molar refractivity (Wildman–Crippen MR) is 53.6 cm³/mol. The Morgan fingerprint density at radius 3 is 2.57 bits per heavy atom. The van der Waals surface area contributed by atoms with Crippen LogP contribution in [0.3, 0.4) is 0 Å². The van der Waals surface area contributed by atoms with Gasteiger partial charge in [0, 0.05) is 5.56 Å². The topological polar surface area (TPSA) is 52.4 Å². The highest BCUT2D eigenvalue weighted by molar-refractivity contribution is 5.45. The zero-order chi connectivity index (χ0) is 10.7. The molecule has 0 amide bonds. The Morgan fingerprint density at radius 2 is 2.07 bits per heavy atom. The Morgan fingerprint density at radius 1 is 1.43 bits per heavy atom. The molecule has 0 unspecified atom stereocenters. The van der Waals surface area contributed by atoms with E-state index in [-0.39, 0.29) is 11.8 Å². The molecule has 4 nitrogen and oxygen atoms in total. The van der Waals surface area contributed by atoms with Crippen molar-refractivity contribution < 1.29 is 9.66 Å². The number of hydrogen-bond acceptors (Lipinski definition) is 3. The van der Waals surface area contributed by atoms with Crippen LogP contribution in [0.5, 0.6) is 5.75 Å². The van der Waals surface area contributed by atoms with Gasteiger partial charge in [-0.1, -0.05) is 0 Å². The fourth-order valence-electron chi connectivity index (χ4n) is 1.13. The molecule has 14 heavy (non-hydrogen) atoms. The first-order valence-corrected chi connectivity index (χ1v) is 4.42. The normalized spacial score (nSPS) is 10.3. The van der Waals surface area contributed by atoms with Crippen molar-refractivity contribution >= 4 is 5.69 Å². The molecule has 0 heterocycles. The summed E-state index contributed by atoms with van der Waals surface area (Å²) in [5.74, 6) is 0.539. The van der Waals surface area contributed by atoms with Gasteiger partial charge in [-0.2, -0.15) is 0 Å². The van der Waals surface area contributed by atoms with Crippen molar-refractivity contribution in [2.24, 2.45) is 0 Å². The highest BCUT2D eigenvalue weighted by atomic mass is 16.6. The molecular weight excluding hydrogens is 182 g/mol. The number of hydrogen-bond donors (Lipinski definition) is 0. The summed E-state index contributed by atoms with van der Waals surface area (Å²) in [5, 5.41) is 10.6.